The van der Waals surface area contributed by atoms with Crippen molar-refractivity contribution >= 4 is 34.0 Å². The molecule has 2 aromatic heterocycles. The van der Waals surface area contributed by atoms with E-state index in [1.54, 1.807) is 4.68 Å². The van der Waals surface area contributed by atoms with Gasteiger partial charge in [0.05, 0.1) is 17.9 Å². The highest BCUT2D eigenvalue weighted by Gasteiger charge is 2.22. The second-order valence-electron chi connectivity index (χ2n) is 6.64. The van der Waals surface area contributed by atoms with E-state index in [0.29, 0.717) is 33.8 Å². The zero-order valence-corrected chi connectivity index (χ0v) is 18.1. The van der Waals surface area contributed by atoms with Crippen LogP contribution in [0.25, 0.3) is 5.69 Å². The molecule has 154 valence electrons. The maximum absolute atomic E-state index is 12.6. The Morgan fingerprint density at radius 2 is 2.20 bits per heavy atom. The van der Waals surface area contributed by atoms with Crippen LogP contribution in [-0.4, -0.2) is 38.5 Å². The highest BCUT2D eigenvalue weighted by molar-refractivity contribution is 7.99. The summed E-state index contributed by atoms with van der Waals surface area (Å²) >= 11 is 2.75. The number of para-hydroxylation sites is 2. The maximum Gasteiger partial charge on any atom is 0.235 e. The maximum atomic E-state index is 12.6. The number of fused-ring (bicyclic) bond motifs is 1. The molecule has 4 rings (SSSR count). The number of carbonyl (C=O) groups excluding carboxylic acids is 1. The second-order valence-corrected chi connectivity index (χ2v) is 8.69. The van der Waals surface area contributed by atoms with Crippen LogP contribution in [0.15, 0.2) is 29.4 Å². The molecule has 0 unspecified atom stereocenters. The fourth-order valence-corrected chi connectivity index (χ4v) is 5.33. The minimum Gasteiger partial charge on any atom is -0.492 e. The highest BCUT2D eigenvalue weighted by atomic mass is 32.2. The number of carbonyl (C=O) groups is 1. The molecule has 1 amide bonds. The van der Waals surface area contributed by atoms with Gasteiger partial charge < -0.3 is 10.1 Å². The second kappa shape index (κ2) is 9.28. The summed E-state index contributed by atoms with van der Waals surface area (Å²) in [6, 6.07) is 9.74. The van der Waals surface area contributed by atoms with Crippen molar-refractivity contribution in [3.05, 3.63) is 40.3 Å². The smallest absolute Gasteiger partial charge is 0.235 e. The largest absolute Gasteiger partial charge is 0.492 e. The van der Waals surface area contributed by atoms with Crippen molar-refractivity contribution < 1.29 is 9.53 Å². The van der Waals surface area contributed by atoms with E-state index < -0.39 is 0 Å². The summed E-state index contributed by atoms with van der Waals surface area (Å²) in [5.41, 5.74) is 2.43. The normalized spacial score (nSPS) is 12.8. The van der Waals surface area contributed by atoms with Crippen LogP contribution in [0, 0.1) is 11.3 Å². The summed E-state index contributed by atoms with van der Waals surface area (Å²) in [5, 5.41) is 25.4. The van der Waals surface area contributed by atoms with Crippen LogP contribution < -0.4 is 10.1 Å². The number of hydrogen-bond donors (Lipinski definition) is 1. The Morgan fingerprint density at radius 3 is 3.03 bits per heavy atom. The number of tetrazole rings is 1. The highest BCUT2D eigenvalue weighted by Crippen LogP contribution is 2.37. The lowest BCUT2D eigenvalue weighted by molar-refractivity contribution is -0.113. The molecular formula is C20H20N6O2S2. The Balaban J connectivity index is 1.46. The van der Waals surface area contributed by atoms with Crippen LogP contribution in [0.3, 0.4) is 0 Å². The number of ether oxygens (including phenoxy) is 1. The van der Waals surface area contributed by atoms with E-state index >= 15 is 0 Å². The Hall–Kier alpha value is -2.90. The number of nitrogens with zero attached hydrogens (tertiary/aromatic N) is 5. The van der Waals surface area contributed by atoms with Crippen LogP contribution in [0.1, 0.15) is 35.8 Å². The van der Waals surface area contributed by atoms with E-state index in [0.717, 1.165) is 31.2 Å². The Bertz CT molecular complexity index is 1100. The topological polar surface area (TPSA) is 106 Å². The van der Waals surface area contributed by atoms with Crippen LogP contribution in [0.4, 0.5) is 5.00 Å². The first-order valence-corrected chi connectivity index (χ1v) is 11.5. The molecule has 1 aliphatic carbocycles. The van der Waals surface area contributed by atoms with E-state index in [1.807, 2.05) is 31.2 Å². The van der Waals surface area contributed by atoms with Gasteiger partial charge in [-0.1, -0.05) is 23.9 Å². The lowest BCUT2D eigenvalue weighted by Crippen LogP contribution is -2.14. The number of nitrogens with one attached hydrogen (secondary N) is 1. The number of aromatic nitrogens is 4. The lowest BCUT2D eigenvalue weighted by Gasteiger charge is -2.10. The number of thiophene rings is 1. The number of thioether (sulfide) groups is 1. The van der Waals surface area contributed by atoms with E-state index in [4.69, 9.17) is 4.74 Å². The van der Waals surface area contributed by atoms with Crippen molar-refractivity contribution in [2.45, 2.75) is 37.8 Å². The minimum absolute atomic E-state index is 0.130. The zero-order valence-electron chi connectivity index (χ0n) is 16.4. The molecule has 0 aliphatic heterocycles. The third-order valence-electron chi connectivity index (χ3n) is 4.70. The third kappa shape index (κ3) is 4.17. The Morgan fingerprint density at radius 1 is 1.37 bits per heavy atom. The molecule has 0 saturated carbocycles. The van der Waals surface area contributed by atoms with E-state index in [-0.39, 0.29) is 11.7 Å². The monoisotopic (exact) mass is 440 g/mol. The average molecular weight is 441 g/mol. The fraction of sp³-hybridized carbons (Fsp3) is 0.350. The molecule has 8 nitrogen and oxygen atoms in total. The van der Waals surface area contributed by atoms with E-state index in [1.165, 1.54) is 28.0 Å². The summed E-state index contributed by atoms with van der Waals surface area (Å²) < 4.78 is 7.21. The van der Waals surface area contributed by atoms with Crippen LogP contribution in [-0.2, 0) is 17.6 Å². The molecule has 10 heteroatoms. The van der Waals surface area contributed by atoms with Crippen molar-refractivity contribution in [2.75, 3.05) is 17.7 Å². The number of rotatable bonds is 7. The minimum atomic E-state index is -0.192. The van der Waals surface area contributed by atoms with Gasteiger partial charge in [-0.15, -0.1) is 16.4 Å². The first-order valence-electron chi connectivity index (χ1n) is 9.69. The van der Waals surface area contributed by atoms with Gasteiger partial charge in [0.25, 0.3) is 0 Å². The first-order chi connectivity index (χ1) is 14.7. The summed E-state index contributed by atoms with van der Waals surface area (Å²) in [6.07, 6.45) is 4.11. The molecule has 30 heavy (non-hydrogen) atoms. The lowest BCUT2D eigenvalue weighted by atomic mass is 9.96. The molecule has 0 saturated heterocycles. The van der Waals surface area contributed by atoms with Crippen molar-refractivity contribution in [1.82, 2.24) is 20.2 Å². The van der Waals surface area contributed by atoms with Gasteiger partial charge in [0.2, 0.25) is 11.1 Å². The molecular weight excluding hydrogens is 420 g/mol. The van der Waals surface area contributed by atoms with Gasteiger partial charge in [-0.05, 0) is 60.7 Å². The number of hydrogen-bond acceptors (Lipinski definition) is 8. The molecule has 1 aliphatic rings. The van der Waals surface area contributed by atoms with Crippen LogP contribution in [0.2, 0.25) is 0 Å². The number of amides is 1. The van der Waals surface area contributed by atoms with Crippen molar-refractivity contribution in [2.24, 2.45) is 0 Å². The van der Waals surface area contributed by atoms with Crippen LogP contribution in [0.5, 0.6) is 5.75 Å². The van der Waals surface area contributed by atoms with E-state index in [2.05, 4.69) is 26.9 Å². The fourth-order valence-electron chi connectivity index (χ4n) is 3.39. The molecule has 2 heterocycles. The van der Waals surface area contributed by atoms with Gasteiger partial charge in [0.15, 0.2) is 0 Å². The Labute approximate surface area is 182 Å². The summed E-state index contributed by atoms with van der Waals surface area (Å²) in [7, 11) is 0. The molecule has 0 radical (unpaired) electrons. The molecule has 0 bridgehead atoms. The van der Waals surface area contributed by atoms with Crippen molar-refractivity contribution in [3.8, 4) is 17.5 Å². The van der Waals surface area contributed by atoms with Gasteiger partial charge in [0.1, 0.15) is 22.5 Å². The SMILES string of the molecule is CCOc1ccccc1-n1nnnc1SCC(=O)Nc1sc2c(c1C#N)CCCC2. The predicted octanol–water partition coefficient (Wildman–Crippen LogP) is 3.60. The van der Waals surface area contributed by atoms with Gasteiger partial charge >= 0.3 is 0 Å². The van der Waals surface area contributed by atoms with Crippen molar-refractivity contribution in [1.29, 1.82) is 5.26 Å². The van der Waals surface area contributed by atoms with Gasteiger partial charge in [-0.3, -0.25) is 4.79 Å². The van der Waals surface area contributed by atoms with Gasteiger partial charge in [-0.2, -0.15) is 9.94 Å². The molecule has 1 N–H and O–H groups in total. The third-order valence-corrected chi connectivity index (χ3v) is 6.83. The quantitative estimate of drug-likeness (QED) is 0.560. The van der Waals surface area contributed by atoms with Crippen LogP contribution >= 0.6 is 23.1 Å². The summed E-state index contributed by atoms with van der Waals surface area (Å²) in [4.78, 5) is 13.8. The molecule has 0 spiro atoms. The summed E-state index contributed by atoms with van der Waals surface area (Å²) in [6.45, 7) is 2.43. The number of benzene rings is 1. The van der Waals surface area contributed by atoms with Gasteiger partial charge in [-0.25, -0.2) is 0 Å². The molecule has 0 fully saturated rings. The van der Waals surface area contributed by atoms with Crippen molar-refractivity contribution in [3.63, 3.8) is 0 Å². The molecule has 1 aromatic carbocycles. The molecule has 0 atom stereocenters. The molecule has 3 aromatic rings. The van der Waals surface area contributed by atoms with E-state index in [9.17, 15) is 10.1 Å². The first kappa shape index (κ1) is 20.4. The average Bonchev–Trinajstić information content (AvgIpc) is 3.36. The number of anilines is 1. The van der Waals surface area contributed by atoms with Gasteiger partial charge in [0, 0.05) is 4.88 Å². The Kier molecular flexibility index (Phi) is 6.30. The standard InChI is InChI=1S/C20H20N6O2S2/c1-2-28-16-9-5-4-8-15(16)26-20(23-24-25-26)29-12-18(27)22-19-14(11-21)13-7-3-6-10-17(13)30-19/h4-5,8-9H,2-3,6-7,10,12H2,1H3,(H,22,27). The number of aryl methyl sites for hydroxylation is 1. The zero-order chi connectivity index (χ0) is 20.9. The number of nitriles is 1. The predicted molar refractivity (Wildman–Crippen MR) is 115 cm³/mol. The summed E-state index contributed by atoms with van der Waals surface area (Å²) in [5.74, 6) is 0.606.